The summed E-state index contributed by atoms with van der Waals surface area (Å²) in [6.45, 7) is 13.8. The second-order valence-electron chi connectivity index (χ2n) is 18.5. The predicted octanol–water partition coefficient (Wildman–Crippen LogP) is 15.7. The van der Waals surface area contributed by atoms with Crippen molar-refractivity contribution in [3.63, 3.8) is 0 Å². The minimum atomic E-state index is -0.456. The van der Waals surface area contributed by atoms with E-state index in [0.29, 0.717) is 0 Å². The zero-order valence-electron chi connectivity index (χ0n) is 34.6. The van der Waals surface area contributed by atoms with Gasteiger partial charge >= 0.3 is 0 Å². The van der Waals surface area contributed by atoms with Crippen LogP contribution < -0.4 is 4.90 Å². The summed E-state index contributed by atoms with van der Waals surface area (Å²) in [5.41, 5.74) is 20.1. The summed E-state index contributed by atoms with van der Waals surface area (Å²) in [6, 6.07) is 65.7. The van der Waals surface area contributed by atoms with Crippen LogP contribution in [0.25, 0.3) is 55.3 Å². The van der Waals surface area contributed by atoms with Gasteiger partial charge in [-0.15, -0.1) is 0 Å². The van der Waals surface area contributed by atoms with E-state index in [0.717, 1.165) is 39.0 Å². The van der Waals surface area contributed by atoms with E-state index in [1.807, 2.05) is 6.07 Å². The lowest BCUT2D eigenvalue weighted by atomic mass is 9.70. The average Bonchev–Trinajstić information content (AvgIpc) is 3.87. The number of benzene rings is 8. The zero-order valence-corrected chi connectivity index (χ0v) is 34.6. The lowest BCUT2D eigenvalue weighted by Crippen LogP contribution is -2.26. The van der Waals surface area contributed by atoms with Gasteiger partial charge in [0, 0.05) is 33.8 Å². The predicted molar refractivity (Wildman–Crippen MR) is 248 cm³/mol. The first kappa shape index (κ1) is 35.5. The molecule has 1 aromatic heterocycles. The minimum absolute atomic E-state index is 0.0565. The Bertz CT molecular complexity index is 3070. The molecule has 0 unspecified atom stereocenters. The molecule has 0 saturated heterocycles. The maximum Gasteiger partial charge on any atom is 0.137 e. The van der Waals surface area contributed by atoms with E-state index in [9.17, 15) is 0 Å². The molecule has 1 spiro atoms. The van der Waals surface area contributed by atoms with Gasteiger partial charge in [-0.25, -0.2) is 0 Å². The van der Waals surface area contributed by atoms with Crippen LogP contribution in [-0.2, 0) is 16.2 Å². The molecule has 1 heterocycles. The van der Waals surface area contributed by atoms with Crippen LogP contribution in [-0.4, -0.2) is 0 Å². The molecule has 11 rings (SSSR count). The van der Waals surface area contributed by atoms with Gasteiger partial charge in [0.25, 0.3) is 0 Å². The summed E-state index contributed by atoms with van der Waals surface area (Å²) in [6.07, 6.45) is 0. The van der Waals surface area contributed by atoms with Crippen LogP contribution in [0.2, 0.25) is 0 Å². The number of hydrogen-bond donors (Lipinski definition) is 0. The van der Waals surface area contributed by atoms with Gasteiger partial charge in [0.2, 0.25) is 0 Å². The smallest absolute Gasteiger partial charge is 0.137 e. The average molecular weight is 762 g/mol. The largest absolute Gasteiger partial charge is 0.456 e. The monoisotopic (exact) mass is 761 g/mol. The summed E-state index contributed by atoms with van der Waals surface area (Å²) >= 11 is 0. The third kappa shape index (κ3) is 5.25. The molecule has 0 aliphatic heterocycles. The lowest BCUT2D eigenvalue weighted by Gasteiger charge is -2.33. The van der Waals surface area contributed by atoms with E-state index >= 15 is 0 Å². The maximum absolute atomic E-state index is 6.60. The van der Waals surface area contributed by atoms with E-state index in [2.05, 4.69) is 216 Å². The van der Waals surface area contributed by atoms with E-state index in [1.165, 1.54) is 66.8 Å². The fourth-order valence-corrected chi connectivity index (χ4v) is 10.1. The highest BCUT2D eigenvalue weighted by Crippen LogP contribution is 2.63. The van der Waals surface area contributed by atoms with E-state index in [4.69, 9.17) is 4.42 Å². The normalized spacial score (nSPS) is 13.7. The second-order valence-corrected chi connectivity index (χ2v) is 18.5. The third-order valence-electron chi connectivity index (χ3n) is 13.0. The minimum Gasteiger partial charge on any atom is -0.456 e. The Morgan fingerprint density at radius 1 is 0.390 bits per heavy atom. The van der Waals surface area contributed by atoms with E-state index < -0.39 is 5.41 Å². The van der Waals surface area contributed by atoms with Gasteiger partial charge in [-0.1, -0.05) is 175 Å². The molecule has 2 aliphatic carbocycles. The van der Waals surface area contributed by atoms with Crippen LogP contribution in [0, 0.1) is 0 Å². The molecular weight excluding hydrogens is 715 g/mol. The fraction of sp³-hybridized carbons (Fsp3) is 0.158. The quantitative estimate of drug-likeness (QED) is 0.178. The number of anilines is 3. The Balaban J connectivity index is 1.21. The third-order valence-corrected chi connectivity index (χ3v) is 13.0. The zero-order chi connectivity index (χ0) is 40.3. The molecule has 0 N–H and O–H groups in total. The molecule has 0 bridgehead atoms. The molecule has 2 aliphatic rings. The van der Waals surface area contributed by atoms with Crippen LogP contribution in [0.5, 0.6) is 0 Å². The van der Waals surface area contributed by atoms with Crippen molar-refractivity contribution in [1.82, 2.24) is 0 Å². The van der Waals surface area contributed by atoms with Crippen molar-refractivity contribution in [2.75, 3.05) is 4.90 Å². The van der Waals surface area contributed by atoms with Crippen LogP contribution in [0.3, 0.4) is 0 Å². The van der Waals surface area contributed by atoms with Crippen LogP contribution in [0.15, 0.2) is 180 Å². The summed E-state index contributed by atoms with van der Waals surface area (Å²) in [7, 11) is 0. The van der Waals surface area contributed by atoms with Crippen molar-refractivity contribution >= 4 is 39.0 Å². The van der Waals surface area contributed by atoms with Crippen molar-refractivity contribution < 1.29 is 4.42 Å². The molecule has 0 atom stereocenters. The molecule has 2 nitrogen and oxygen atoms in total. The number of hydrogen-bond acceptors (Lipinski definition) is 2. The van der Waals surface area contributed by atoms with Crippen LogP contribution in [0.4, 0.5) is 17.1 Å². The van der Waals surface area contributed by atoms with E-state index in [1.54, 1.807) is 0 Å². The van der Waals surface area contributed by atoms with Gasteiger partial charge in [-0.2, -0.15) is 0 Å². The second kappa shape index (κ2) is 12.7. The Kier molecular flexibility index (Phi) is 7.63. The van der Waals surface area contributed by atoms with Crippen molar-refractivity contribution in [3.05, 3.63) is 209 Å². The molecule has 9 aromatic rings. The Morgan fingerprint density at radius 3 is 1.51 bits per heavy atom. The maximum atomic E-state index is 6.60. The molecule has 0 amide bonds. The van der Waals surface area contributed by atoms with Gasteiger partial charge in [0.1, 0.15) is 11.2 Å². The Hall–Kier alpha value is -6.64. The van der Waals surface area contributed by atoms with Crippen molar-refractivity contribution in [3.8, 4) is 33.4 Å². The highest BCUT2D eigenvalue weighted by molar-refractivity contribution is 6.06. The number of fused-ring (bicyclic) bond motifs is 13. The molecular formula is C57H47NO. The molecule has 59 heavy (non-hydrogen) atoms. The molecule has 286 valence electrons. The van der Waals surface area contributed by atoms with Gasteiger partial charge < -0.3 is 9.32 Å². The highest BCUT2D eigenvalue weighted by Gasteiger charge is 2.51. The fourth-order valence-electron chi connectivity index (χ4n) is 10.1. The number of rotatable bonds is 4. The van der Waals surface area contributed by atoms with Gasteiger partial charge in [-0.3, -0.25) is 0 Å². The topological polar surface area (TPSA) is 16.4 Å². The summed E-state index contributed by atoms with van der Waals surface area (Å²) in [4.78, 5) is 2.48. The SMILES string of the molecule is CC(C)(C)c1ccc(-c2ccc(C(C)(C)C)cc2N(c2ccc3c(c2)C2(c4ccccc4-c4ccccc42)c2ccccc2-3)c2ccc3c(c2)oc2ccccc23)cc1. The van der Waals surface area contributed by atoms with Gasteiger partial charge in [0.15, 0.2) is 0 Å². The molecule has 8 aromatic carbocycles. The van der Waals surface area contributed by atoms with E-state index in [-0.39, 0.29) is 10.8 Å². The number of nitrogens with zero attached hydrogens (tertiary/aromatic N) is 1. The van der Waals surface area contributed by atoms with Gasteiger partial charge in [-0.05, 0) is 108 Å². The van der Waals surface area contributed by atoms with Crippen LogP contribution >= 0.6 is 0 Å². The molecule has 0 saturated carbocycles. The summed E-state index contributed by atoms with van der Waals surface area (Å²) < 4.78 is 6.60. The van der Waals surface area contributed by atoms with Crippen molar-refractivity contribution in [2.45, 2.75) is 57.8 Å². The first-order valence-electron chi connectivity index (χ1n) is 20.9. The number of furan rings is 1. The first-order valence-corrected chi connectivity index (χ1v) is 20.9. The molecule has 0 radical (unpaired) electrons. The Labute approximate surface area is 347 Å². The van der Waals surface area contributed by atoms with Crippen LogP contribution in [0.1, 0.15) is 74.9 Å². The van der Waals surface area contributed by atoms with Gasteiger partial charge in [0.05, 0.1) is 11.1 Å². The first-order chi connectivity index (χ1) is 28.5. The summed E-state index contributed by atoms with van der Waals surface area (Å²) in [5, 5.41) is 2.25. The summed E-state index contributed by atoms with van der Waals surface area (Å²) in [5.74, 6) is 0. The molecule has 2 heteroatoms. The van der Waals surface area contributed by atoms with Crippen molar-refractivity contribution in [1.29, 1.82) is 0 Å². The highest BCUT2D eigenvalue weighted by atomic mass is 16.3. The number of para-hydroxylation sites is 1. The standard InChI is InChI=1S/C57H47NO/c1-55(2,3)37-25-23-36(24-26-37)41-30-27-38(56(4,5)6)33-52(41)58(40-29-32-47-46-18-10-14-22-53(46)59-54(47)35-40)39-28-31-45-44-17-9-13-21-50(44)57(51(45)34-39)48-19-11-7-15-42(48)43-16-8-12-20-49(43)57/h7-35H,1-6H3. The molecule has 0 fully saturated rings. The lowest BCUT2D eigenvalue weighted by molar-refractivity contribution is 0.590. The van der Waals surface area contributed by atoms with Crippen molar-refractivity contribution in [2.24, 2.45) is 0 Å². The Morgan fingerprint density at radius 2 is 0.881 bits per heavy atom.